The lowest BCUT2D eigenvalue weighted by Gasteiger charge is -2.02. The third-order valence-corrected chi connectivity index (χ3v) is 2.10. The van der Waals surface area contributed by atoms with Crippen LogP contribution in [0.15, 0.2) is 0 Å². The van der Waals surface area contributed by atoms with Crippen LogP contribution in [0, 0.1) is 5.92 Å². The van der Waals surface area contributed by atoms with Gasteiger partial charge >= 0.3 is 0 Å². The van der Waals surface area contributed by atoms with E-state index in [1.54, 1.807) is 0 Å². The summed E-state index contributed by atoms with van der Waals surface area (Å²) in [5.74, 6) is 0.843. The van der Waals surface area contributed by atoms with Gasteiger partial charge in [-0.3, -0.25) is 0 Å². The minimum atomic E-state index is 0.565. The van der Waals surface area contributed by atoms with Crippen molar-refractivity contribution in [2.75, 3.05) is 19.7 Å². The molecule has 46 valence electrons. The van der Waals surface area contributed by atoms with Gasteiger partial charge < -0.3 is 10.1 Å². The summed E-state index contributed by atoms with van der Waals surface area (Å²) in [6, 6.07) is 0. The molecule has 0 saturated carbocycles. The predicted octanol–water partition coefficient (Wildman–Crippen LogP) is -0.00530. The van der Waals surface area contributed by atoms with E-state index in [-0.39, 0.29) is 0 Å². The molecule has 1 unspecified atom stereocenters. The summed E-state index contributed by atoms with van der Waals surface area (Å²) in [6.07, 6.45) is 1.84. The molecule has 2 atom stereocenters. The normalized spacial score (nSPS) is 45.0. The van der Waals surface area contributed by atoms with Crippen molar-refractivity contribution in [3.05, 3.63) is 0 Å². The zero-order valence-corrected chi connectivity index (χ0v) is 4.89. The second-order valence-electron chi connectivity index (χ2n) is 2.62. The van der Waals surface area contributed by atoms with Gasteiger partial charge in [0.25, 0.3) is 0 Å². The summed E-state index contributed by atoms with van der Waals surface area (Å²) in [5, 5.41) is 3.30. The first-order valence-corrected chi connectivity index (χ1v) is 3.29. The average Bonchev–Trinajstić information content (AvgIpc) is 2.15. The smallest absolute Gasteiger partial charge is 0.0740 e. The first-order chi connectivity index (χ1) is 3.97. The molecule has 2 saturated heterocycles. The number of fused-ring (bicyclic) bond motifs is 1. The van der Waals surface area contributed by atoms with E-state index in [9.17, 15) is 0 Å². The molecule has 0 radical (unpaired) electrons. The Labute approximate surface area is 49.2 Å². The molecular formula is C6H11NO. The van der Waals surface area contributed by atoms with Gasteiger partial charge in [0.2, 0.25) is 0 Å². The Bertz CT molecular complexity index is 74.5. The Kier molecular flexibility index (Phi) is 1.02. The van der Waals surface area contributed by atoms with Crippen molar-refractivity contribution >= 4 is 0 Å². The van der Waals surface area contributed by atoms with Crippen molar-refractivity contribution in [3.8, 4) is 0 Å². The molecule has 0 aromatic carbocycles. The Hall–Kier alpha value is -0.0800. The highest BCUT2D eigenvalue weighted by Crippen LogP contribution is 2.22. The molecule has 2 fully saturated rings. The SMILES string of the molecule is C1CC2CNC[C@@H]2O1. The molecule has 2 heteroatoms. The Morgan fingerprint density at radius 2 is 2.38 bits per heavy atom. The van der Waals surface area contributed by atoms with Crippen LogP contribution < -0.4 is 5.32 Å². The van der Waals surface area contributed by atoms with Gasteiger partial charge in [-0.05, 0) is 6.42 Å². The molecule has 2 aliphatic heterocycles. The fourth-order valence-corrected chi connectivity index (χ4v) is 1.56. The van der Waals surface area contributed by atoms with Gasteiger partial charge in [-0.2, -0.15) is 0 Å². The second kappa shape index (κ2) is 1.71. The first-order valence-electron chi connectivity index (χ1n) is 3.29. The highest BCUT2D eigenvalue weighted by molar-refractivity contribution is 4.85. The molecule has 0 amide bonds. The number of ether oxygens (including phenoxy) is 1. The maximum absolute atomic E-state index is 5.41. The Morgan fingerprint density at radius 3 is 3.25 bits per heavy atom. The quantitative estimate of drug-likeness (QED) is 0.477. The van der Waals surface area contributed by atoms with Crippen LogP contribution in [0.25, 0.3) is 0 Å². The molecule has 2 aliphatic rings. The molecule has 0 aromatic rings. The fourth-order valence-electron chi connectivity index (χ4n) is 1.56. The third-order valence-electron chi connectivity index (χ3n) is 2.10. The number of rotatable bonds is 0. The van der Waals surface area contributed by atoms with Gasteiger partial charge in [0.15, 0.2) is 0 Å². The van der Waals surface area contributed by atoms with Crippen LogP contribution in [0.4, 0.5) is 0 Å². The van der Waals surface area contributed by atoms with Crippen LogP contribution in [0.3, 0.4) is 0 Å². The molecule has 2 rings (SSSR count). The average molecular weight is 113 g/mol. The highest BCUT2D eigenvalue weighted by Gasteiger charge is 2.31. The third kappa shape index (κ3) is 0.565. The monoisotopic (exact) mass is 113 g/mol. The van der Waals surface area contributed by atoms with Crippen molar-refractivity contribution < 1.29 is 4.74 Å². The summed E-state index contributed by atoms with van der Waals surface area (Å²) in [7, 11) is 0. The molecule has 0 bridgehead atoms. The van der Waals surface area contributed by atoms with E-state index in [2.05, 4.69) is 5.32 Å². The van der Waals surface area contributed by atoms with Crippen molar-refractivity contribution in [2.24, 2.45) is 5.92 Å². The maximum atomic E-state index is 5.41. The van der Waals surface area contributed by atoms with Crippen LogP contribution in [0.1, 0.15) is 6.42 Å². The minimum absolute atomic E-state index is 0.565. The number of hydrogen-bond donors (Lipinski definition) is 1. The van der Waals surface area contributed by atoms with Crippen LogP contribution in [-0.2, 0) is 4.74 Å². The molecule has 0 spiro atoms. The zero-order chi connectivity index (χ0) is 5.40. The zero-order valence-electron chi connectivity index (χ0n) is 4.89. The van der Waals surface area contributed by atoms with Gasteiger partial charge in [-0.1, -0.05) is 0 Å². The van der Waals surface area contributed by atoms with E-state index in [4.69, 9.17) is 4.74 Å². The number of hydrogen-bond acceptors (Lipinski definition) is 2. The molecule has 2 heterocycles. The number of nitrogens with one attached hydrogen (secondary N) is 1. The maximum Gasteiger partial charge on any atom is 0.0740 e. The molecule has 0 aromatic heterocycles. The highest BCUT2D eigenvalue weighted by atomic mass is 16.5. The summed E-state index contributed by atoms with van der Waals surface area (Å²) in [5.41, 5.74) is 0. The van der Waals surface area contributed by atoms with E-state index in [0.717, 1.165) is 19.1 Å². The van der Waals surface area contributed by atoms with Crippen LogP contribution in [-0.4, -0.2) is 25.8 Å². The van der Waals surface area contributed by atoms with Crippen molar-refractivity contribution in [1.82, 2.24) is 5.32 Å². The summed E-state index contributed by atoms with van der Waals surface area (Å²) >= 11 is 0. The predicted molar refractivity (Wildman–Crippen MR) is 30.7 cm³/mol. The van der Waals surface area contributed by atoms with Gasteiger partial charge in [0.05, 0.1) is 6.10 Å². The summed E-state index contributed by atoms with van der Waals surface area (Å²) in [6.45, 7) is 3.27. The van der Waals surface area contributed by atoms with Gasteiger partial charge in [-0.25, -0.2) is 0 Å². The molecular weight excluding hydrogens is 102 g/mol. The van der Waals surface area contributed by atoms with E-state index >= 15 is 0 Å². The summed E-state index contributed by atoms with van der Waals surface area (Å²) in [4.78, 5) is 0. The van der Waals surface area contributed by atoms with Gasteiger partial charge in [-0.15, -0.1) is 0 Å². The van der Waals surface area contributed by atoms with E-state index < -0.39 is 0 Å². The second-order valence-corrected chi connectivity index (χ2v) is 2.62. The lowest BCUT2D eigenvalue weighted by molar-refractivity contribution is 0.112. The molecule has 8 heavy (non-hydrogen) atoms. The Balaban J connectivity index is 2.04. The van der Waals surface area contributed by atoms with Crippen LogP contribution >= 0.6 is 0 Å². The standard InChI is InChI=1S/C6H11NO/c1-2-8-6-4-7-3-5(1)6/h5-7H,1-4H2/t5?,6-/m0/s1. The van der Waals surface area contributed by atoms with Crippen molar-refractivity contribution in [2.45, 2.75) is 12.5 Å². The van der Waals surface area contributed by atoms with Gasteiger partial charge in [0, 0.05) is 25.6 Å². The summed E-state index contributed by atoms with van der Waals surface area (Å²) < 4.78 is 5.41. The van der Waals surface area contributed by atoms with Crippen molar-refractivity contribution in [3.63, 3.8) is 0 Å². The minimum Gasteiger partial charge on any atom is -0.377 e. The van der Waals surface area contributed by atoms with E-state index in [1.807, 2.05) is 0 Å². The van der Waals surface area contributed by atoms with Gasteiger partial charge in [0.1, 0.15) is 0 Å². The van der Waals surface area contributed by atoms with E-state index in [0.29, 0.717) is 6.10 Å². The first kappa shape index (κ1) is 4.77. The van der Waals surface area contributed by atoms with Crippen molar-refractivity contribution in [1.29, 1.82) is 0 Å². The lowest BCUT2D eigenvalue weighted by Crippen LogP contribution is -2.14. The van der Waals surface area contributed by atoms with E-state index in [1.165, 1.54) is 13.0 Å². The topological polar surface area (TPSA) is 21.3 Å². The van der Waals surface area contributed by atoms with Crippen LogP contribution in [0.5, 0.6) is 0 Å². The van der Waals surface area contributed by atoms with Crippen LogP contribution in [0.2, 0.25) is 0 Å². The molecule has 2 nitrogen and oxygen atoms in total. The fraction of sp³-hybridized carbons (Fsp3) is 1.00. The largest absolute Gasteiger partial charge is 0.377 e. The molecule has 1 N–H and O–H groups in total. The Morgan fingerprint density at radius 1 is 1.38 bits per heavy atom. The lowest BCUT2D eigenvalue weighted by atomic mass is 10.1. The molecule has 0 aliphatic carbocycles.